The van der Waals surface area contributed by atoms with E-state index in [0.29, 0.717) is 6.54 Å². The molecule has 0 heterocycles. The van der Waals surface area contributed by atoms with Gasteiger partial charge in [0.05, 0.1) is 0 Å². The van der Waals surface area contributed by atoms with Crippen LogP contribution < -0.4 is 10.6 Å². The summed E-state index contributed by atoms with van der Waals surface area (Å²) in [7, 11) is 0. The molecule has 0 atom stereocenters. The molecule has 4 nitrogen and oxygen atoms in total. The fourth-order valence-corrected chi connectivity index (χ4v) is 1.27. The lowest BCUT2D eigenvalue weighted by Crippen LogP contribution is -2.20. The van der Waals surface area contributed by atoms with Gasteiger partial charge in [0.25, 0.3) is 0 Å². The van der Waals surface area contributed by atoms with Crippen molar-refractivity contribution in [1.29, 1.82) is 0 Å². The first-order valence-corrected chi connectivity index (χ1v) is 5.63. The fourth-order valence-electron chi connectivity index (χ4n) is 1.27. The predicted molar refractivity (Wildman–Crippen MR) is 67.4 cm³/mol. The molecule has 0 aliphatic rings. The minimum atomic E-state index is -0.0679. The second-order valence-corrected chi connectivity index (χ2v) is 4.25. The molecule has 1 rings (SSSR count). The molecular formula is C13H18N2O2. The van der Waals surface area contributed by atoms with E-state index in [1.165, 1.54) is 6.92 Å². The number of benzene rings is 1. The molecule has 0 unspecified atom stereocenters. The van der Waals surface area contributed by atoms with Crippen molar-refractivity contribution in [2.45, 2.75) is 27.3 Å². The number of amides is 2. The molecule has 0 spiro atoms. The molecule has 0 saturated carbocycles. The molecule has 0 fully saturated rings. The van der Waals surface area contributed by atoms with Crippen molar-refractivity contribution in [2.24, 2.45) is 5.92 Å². The van der Waals surface area contributed by atoms with Crippen molar-refractivity contribution in [3.63, 3.8) is 0 Å². The van der Waals surface area contributed by atoms with Gasteiger partial charge in [0.1, 0.15) is 0 Å². The lowest BCUT2D eigenvalue weighted by molar-refractivity contribution is -0.119. The van der Waals surface area contributed by atoms with E-state index in [9.17, 15) is 9.59 Å². The highest BCUT2D eigenvalue weighted by molar-refractivity contribution is 5.92. The van der Waals surface area contributed by atoms with E-state index in [1.807, 2.05) is 38.1 Å². The lowest BCUT2D eigenvalue weighted by Gasteiger charge is -2.09. The molecule has 1 aromatic rings. The van der Waals surface area contributed by atoms with Gasteiger partial charge in [-0.15, -0.1) is 0 Å². The van der Waals surface area contributed by atoms with Gasteiger partial charge in [-0.1, -0.05) is 26.0 Å². The highest BCUT2D eigenvalue weighted by Crippen LogP contribution is 2.11. The topological polar surface area (TPSA) is 58.2 Å². The molecule has 17 heavy (non-hydrogen) atoms. The number of hydrogen-bond donors (Lipinski definition) is 2. The van der Waals surface area contributed by atoms with Crippen LogP contribution in [0.15, 0.2) is 24.3 Å². The Labute approximate surface area is 101 Å². The summed E-state index contributed by atoms with van der Waals surface area (Å²) in [4.78, 5) is 22.3. The summed E-state index contributed by atoms with van der Waals surface area (Å²) in [6, 6.07) is 7.45. The van der Waals surface area contributed by atoms with Crippen LogP contribution in [0.4, 0.5) is 5.69 Å². The smallest absolute Gasteiger partial charge is 0.226 e. The standard InChI is InChI=1S/C13H18N2O2/c1-9(2)13(17)15-12-6-4-5-11(7-12)8-14-10(3)16/h4-7,9H,8H2,1-3H3,(H,14,16)(H,15,17). The van der Waals surface area contributed by atoms with Gasteiger partial charge in [-0.25, -0.2) is 0 Å². The van der Waals surface area contributed by atoms with Crippen LogP contribution in [-0.2, 0) is 16.1 Å². The zero-order valence-corrected chi connectivity index (χ0v) is 10.4. The fraction of sp³-hybridized carbons (Fsp3) is 0.385. The van der Waals surface area contributed by atoms with Crippen molar-refractivity contribution in [2.75, 3.05) is 5.32 Å². The second-order valence-electron chi connectivity index (χ2n) is 4.25. The summed E-state index contributed by atoms with van der Waals surface area (Å²) >= 11 is 0. The summed E-state index contributed by atoms with van der Waals surface area (Å²) in [6.07, 6.45) is 0. The molecule has 0 saturated heterocycles. The summed E-state index contributed by atoms with van der Waals surface area (Å²) < 4.78 is 0. The summed E-state index contributed by atoms with van der Waals surface area (Å²) in [5.41, 5.74) is 1.72. The minimum absolute atomic E-state index is 0.0123. The van der Waals surface area contributed by atoms with Gasteiger partial charge in [-0.05, 0) is 17.7 Å². The Hall–Kier alpha value is -1.84. The molecule has 0 aliphatic heterocycles. The molecule has 0 aromatic heterocycles. The quantitative estimate of drug-likeness (QED) is 0.836. The van der Waals surface area contributed by atoms with Crippen molar-refractivity contribution in [1.82, 2.24) is 5.32 Å². The van der Waals surface area contributed by atoms with Crippen molar-refractivity contribution in [3.8, 4) is 0 Å². The van der Waals surface area contributed by atoms with Crippen LogP contribution in [0.2, 0.25) is 0 Å². The third kappa shape index (κ3) is 4.68. The molecule has 1 aromatic carbocycles. The van der Waals surface area contributed by atoms with Crippen LogP contribution in [0.3, 0.4) is 0 Å². The van der Waals surface area contributed by atoms with Crippen LogP contribution >= 0.6 is 0 Å². The van der Waals surface area contributed by atoms with E-state index in [1.54, 1.807) is 0 Å². The van der Waals surface area contributed by atoms with E-state index in [4.69, 9.17) is 0 Å². The normalized spacial score (nSPS) is 10.1. The molecule has 0 aliphatic carbocycles. The number of anilines is 1. The Morgan fingerprint density at radius 1 is 1.29 bits per heavy atom. The Balaban J connectivity index is 2.65. The van der Waals surface area contributed by atoms with Gasteiger partial charge in [0.15, 0.2) is 0 Å². The Bertz CT molecular complexity index is 414. The lowest BCUT2D eigenvalue weighted by atomic mass is 10.1. The first-order chi connectivity index (χ1) is 7.99. The second kappa shape index (κ2) is 6.03. The van der Waals surface area contributed by atoms with E-state index in [0.717, 1.165) is 11.3 Å². The van der Waals surface area contributed by atoms with Gasteiger partial charge >= 0.3 is 0 Å². The van der Waals surface area contributed by atoms with Gasteiger partial charge < -0.3 is 10.6 Å². The van der Waals surface area contributed by atoms with E-state index in [2.05, 4.69) is 10.6 Å². The van der Waals surface area contributed by atoms with Crippen molar-refractivity contribution in [3.05, 3.63) is 29.8 Å². The summed E-state index contributed by atoms with van der Waals surface area (Å²) in [5.74, 6) is -0.128. The summed E-state index contributed by atoms with van der Waals surface area (Å²) in [6.45, 7) is 5.64. The molecule has 0 bridgehead atoms. The van der Waals surface area contributed by atoms with E-state index in [-0.39, 0.29) is 17.7 Å². The SMILES string of the molecule is CC(=O)NCc1cccc(NC(=O)C(C)C)c1. The highest BCUT2D eigenvalue weighted by atomic mass is 16.2. The molecule has 0 radical (unpaired) electrons. The number of rotatable bonds is 4. The highest BCUT2D eigenvalue weighted by Gasteiger charge is 2.07. The molecule has 4 heteroatoms. The monoisotopic (exact) mass is 234 g/mol. The zero-order valence-electron chi connectivity index (χ0n) is 10.4. The third-order valence-corrected chi connectivity index (χ3v) is 2.26. The molecule has 2 amide bonds. The molecular weight excluding hydrogens is 216 g/mol. The van der Waals surface area contributed by atoms with Crippen LogP contribution in [0.25, 0.3) is 0 Å². The maximum absolute atomic E-state index is 11.5. The van der Waals surface area contributed by atoms with Gasteiger partial charge in [-0.2, -0.15) is 0 Å². The maximum atomic E-state index is 11.5. The minimum Gasteiger partial charge on any atom is -0.352 e. The Kier molecular flexibility index (Phi) is 4.69. The van der Waals surface area contributed by atoms with Crippen molar-refractivity contribution < 1.29 is 9.59 Å². The van der Waals surface area contributed by atoms with Crippen LogP contribution in [-0.4, -0.2) is 11.8 Å². The zero-order chi connectivity index (χ0) is 12.8. The molecule has 2 N–H and O–H groups in total. The number of carbonyl (C=O) groups is 2. The van der Waals surface area contributed by atoms with Gasteiger partial charge in [0, 0.05) is 25.1 Å². The largest absolute Gasteiger partial charge is 0.352 e. The maximum Gasteiger partial charge on any atom is 0.226 e. The van der Waals surface area contributed by atoms with E-state index >= 15 is 0 Å². The van der Waals surface area contributed by atoms with Crippen LogP contribution in [0, 0.1) is 5.92 Å². The Morgan fingerprint density at radius 2 is 2.00 bits per heavy atom. The first kappa shape index (κ1) is 13.2. The van der Waals surface area contributed by atoms with Crippen LogP contribution in [0.1, 0.15) is 26.3 Å². The van der Waals surface area contributed by atoms with Gasteiger partial charge in [-0.3, -0.25) is 9.59 Å². The van der Waals surface area contributed by atoms with Gasteiger partial charge in [0.2, 0.25) is 11.8 Å². The Morgan fingerprint density at radius 3 is 2.59 bits per heavy atom. The first-order valence-electron chi connectivity index (χ1n) is 5.63. The van der Waals surface area contributed by atoms with E-state index < -0.39 is 0 Å². The van der Waals surface area contributed by atoms with Crippen LogP contribution in [0.5, 0.6) is 0 Å². The number of nitrogens with one attached hydrogen (secondary N) is 2. The molecule has 92 valence electrons. The predicted octanol–water partition coefficient (Wildman–Crippen LogP) is 1.92. The average molecular weight is 234 g/mol. The van der Waals surface area contributed by atoms with Crippen molar-refractivity contribution >= 4 is 17.5 Å². The third-order valence-electron chi connectivity index (χ3n) is 2.26. The number of carbonyl (C=O) groups excluding carboxylic acids is 2. The number of hydrogen-bond acceptors (Lipinski definition) is 2. The average Bonchev–Trinajstić information content (AvgIpc) is 2.26. The summed E-state index contributed by atoms with van der Waals surface area (Å²) in [5, 5.41) is 5.53.